The highest BCUT2D eigenvalue weighted by molar-refractivity contribution is 5.84. The first-order valence-electron chi connectivity index (χ1n) is 9.50. The number of piperidine rings is 1. The minimum atomic E-state index is -2.88. The second kappa shape index (κ2) is 6.87. The van der Waals surface area contributed by atoms with Gasteiger partial charge < -0.3 is 15.0 Å². The monoisotopic (exact) mass is 414 g/mol. The summed E-state index contributed by atoms with van der Waals surface area (Å²) in [6.45, 7) is 0.269. The number of hydrogen-bond acceptors (Lipinski definition) is 7. The third-order valence-electron chi connectivity index (χ3n) is 5.32. The molecular weight excluding hydrogens is 394 g/mol. The molecule has 1 aliphatic rings. The van der Waals surface area contributed by atoms with Crippen LogP contribution in [0.1, 0.15) is 6.42 Å². The van der Waals surface area contributed by atoms with Gasteiger partial charge in [0.25, 0.3) is 5.92 Å². The smallest absolute Gasteiger partial charge is 0.280 e. The molecule has 11 heteroatoms. The minimum Gasteiger partial charge on any atom is -0.479 e. The van der Waals surface area contributed by atoms with Crippen LogP contribution >= 0.6 is 0 Å². The lowest BCUT2D eigenvalue weighted by molar-refractivity contribution is -0.0675. The number of methoxy groups -OCH3 is 1. The summed E-state index contributed by atoms with van der Waals surface area (Å²) in [7, 11) is 3.18. The van der Waals surface area contributed by atoms with Crippen molar-refractivity contribution in [1.29, 1.82) is 0 Å². The van der Waals surface area contributed by atoms with Crippen LogP contribution in [0.25, 0.3) is 22.4 Å². The number of hydrogen-bond donors (Lipinski definition) is 1. The fraction of sp³-hybridized carbons (Fsp3) is 0.368. The third kappa shape index (κ3) is 3.11. The van der Waals surface area contributed by atoms with Crippen LogP contribution in [0.3, 0.4) is 0 Å². The van der Waals surface area contributed by atoms with Crippen LogP contribution in [0, 0.1) is 0 Å². The fourth-order valence-corrected chi connectivity index (χ4v) is 3.83. The van der Waals surface area contributed by atoms with Crippen LogP contribution in [0.2, 0.25) is 0 Å². The van der Waals surface area contributed by atoms with Gasteiger partial charge in [0.15, 0.2) is 0 Å². The highest BCUT2D eigenvalue weighted by Crippen LogP contribution is 2.33. The van der Waals surface area contributed by atoms with Crippen molar-refractivity contribution in [2.75, 3.05) is 32.6 Å². The van der Waals surface area contributed by atoms with Gasteiger partial charge in [-0.15, -0.1) is 5.10 Å². The summed E-state index contributed by atoms with van der Waals surface area (Å²) < 4.78 is 37.7. The van der Waals surface area contributed by atoms with E-state index in [2.05, 4.69) is 25.4 Å². The van der Waals surface area contributed by atoms with E-state index < -0.39 is 12.0 Å². The third-order valence-corrected chi connectivity index (χ3v) is 5.32. The Morgan fingerprint density at radius 2 is 2.13 bits per heavy atom. The van der Waals surface area contributed by atoms with Gasteiger partial charge in [-0.05, 0) is 19.5 Å². The van der Waals surface area contributed by atoms with Crippen molar-refractivity contribution in [2.24, 2.45) is 0 Å². The van der Waals surface area contributed by atoms with E-state index in [1.54, 1.807) is 35.1 Å². The second-order valence-electron chi connectivity index (χ2n) is 7.43. The maximum absolute atomic E-state index is 14.4. The average Bonchev–Trinajstić information content (AvgIpc) is 3.35. The first kappa shape index (κ1) is 18.7. The summed E-state index contributed by atoms with van der Waals surface area (Å²) in [5, 5.41) is 7.19. The second-order valence-corrected chi connectivity index (χ2v) is 7.43. The van der Waals surface area contributed by atoms with Gasteiger partial charge in [-0.2, -0.15) is 4.98 Å². The number of alkyl halides is 2. The molecule has 1 N–H and O–H groups in total. The molecule has 0 saturated carbocycles. The topological polar surface area (TPSA) is 84.9 Å². The van der Waals surface area contributed by atoms with Gasteiger partial charge >= 0.3 is 0 Å². The Hall–Kier alpha value is -3.34. The number of likely N-dealkylation sites (tertiary alicyclic amines) is 1. The van der Waals surface area contributed by atoms with Crippen molar-refractivity contribution in [3.8, 4) is 17.0 Å². The van der Waals surface area contributed by atoms with E-state index in [0.717, 1.165) is 11.1 Å². The number of ether oxygens (including phenoxy) is 1. The van der Waals surface area contributed by atoms with E-state index in [1.165, 1.54) is 7.11 Å². The largest absolute Gasteiger partial charge is 0.479 e. The Balaban J connectivity index is 1.53. The number of nitrogens with one attached hydrogen (secondary N) is 1. The zero-order valence-corrected chi connectivity index (χ0v) is 16.5. The van der Waals surface area contributed by atoms with Crippen LogP contribution in [0.4, 0.5) is 14.7 Å². The normalized spacial score (nSPS) is 19.4. The summed E-state index contributed by atoms with van der Waals surface area (Å²) in [4.78, 5) is 14.5. The van der Waals surface area contributed by atoms with Crippen LogP contribution in [-0.4, -0.2) is 73.1 Å². The van der Waals surface area contributed by atoms with E-state index in [9.17, 15) is 8.78 Å². The first-order valence-corrected chi connectivity index (χ1v) is 9.50. The Morgan fingerprint density at radius 1 is 1.27 bits per heavy atom. The van der Waals surface area contributed by atoms with Crippen molar-refractivity contribution in [2.45, 2.75) is 18.4 Å². The maximum Gasteiger partial charge on any atom is 0.280 e. The van der Waals surface area contributed by atoms with E-state index in [1.807, 2.05) is 22.9 Å². The SMILES string of the molecule is COc1nc(N[C@@H]2CCN(C)CC2(F)F)nn2ccc(-c3cnc4nccn4c3)c12. The molecule has 4 aromatic heterocycles. The van der Waals surface area contributed by atoms with E-state index in [4.69, 9.17) is 4.74 Å². The molecular formula is C19H20F2N8O. The van der Waals surface area contributed by atoms with Crippen LogP contribution in [0.5, 0.6) is 5.88 Å². The Kier molecular flexibility index (Phi) is 4.28. The van der Waals surface area contributed by atoms with Crippen molar-refractivity contribution < 1.29 is 13.5 Å². The molecule has 9 nitrogen and oxygen atoms in total. The molecule has 5 rings (SSSR count). The molecule has 4 aromatic rings. The molecule has 0 unspecified atom stereocenters. The lowest BCUT2D eigenvalue weighted by Crippen LogP contribution is -2.53. The average molecular weight is 414 g/mol. The number of imidazole rings is 1. The molecule has 0 aliphatic carbocycles. The number of halogens is 2. The molecule has 5 heterocycles. The highest BCUT2D eigenvalue weighted by Gasteiger charge is 2.44. The number of anilines is 1. The lowest BCUT2D eigenvalue weighted by atomic mass is 10.0. The number of aromatic nitrogens is 6. The van der Waals surface area contributed by atoms with Crippen molar-refractivity contribution in [3.63, 3.8) is 0 Å². The highest BCUT2D eigenvalue weighted by atomic mass is 19.3. The van der Waals surface area contributed by atoms with Gasteiger partial charge in [-0.1, -0.05) is 0 Å². The van der Waals surface area contributed by atoms with Crippen LogP contribution in [-0.2, 0) is 0 Å². The lowest BCUT2D eigenvalue weighted by Gasteiger charge is -2.36. The Labute approximate surface area is 170 Å². The molecule has 0 spiro atoms. The van der Waals surface area contributed by atoms with E-state index >= 15 is 0 Å². The van der Waals surface area contributed by atoms with Crippen LogP contribution < -0.4 is 10.1 Å². The van der Waals surface area contributed by atoms with Crippen LogP contribution in [0.15, 0.2) is 37.1 Å². The molecule has 156 valence electrons. The quantitative estimate of drug-likeness (QED) is 0.548. The van der Waals surface area contributed by atoms with Crippen molar-refractivity contribution in [1.82, 2.24) is 33.9 Å². The molecule has 30 heavy (non-hydrogen) atoms. The molecule has 1 aliphatic heterocycles. The summed E-state index contributed by atoms with van der Waals surface area (Å²) in [6.07, 6.45) is 9.12. The number of nitrogens with zero attached hydrogens (tertiary/aromatic N) is 7. The summed E-state index contributed by atoms with van der Waals surface area (Å²) >= 11 is 0. The number of rotatable bonds is 4. The van der Waals surface area contributed by atoms with Gasteiger partial charge in [-0.3, -0.25) is 4.40 Å². The predicted octanol–water partition coefficient (Wildman–Crippen LogP) is 2.20. The molecule has 1 fully saturated rings. The minimum absolute atomic E-state index is 0.0962. The molecule has 0 amide bonds. The molecule has 1 saturated heterocycles. The van der Waals surface area contributed by atoms with Crippen molar-refractivity contribution in [3.05, 3.63) is 37.1 Å². The molecule has 1 atom stereocenters. The molecule has 0 bridgehead atoms. The summed E-state index contributed by atoms with van der Waals surface area (Å²) in [5.74, 6) is -1.91. The van der Waals surface area contributed by atoms with Gasteiger partial charge in [-0.25, -0.2) is 23.3 Å². The number of fused-ring (bicyclic) bond motifs is 2. The van der Waals surface area contributed by atoms with Crippen molar-refractivity contribution >= 4 is 17.2 Å². The van der Waals surface area contributed by atoms with Gasteiger partial charge in [0, 0.05) is 48.7 Å². The predicted molar refractivity (Wildman–Crippen MR) is 106 cm³/mol. The molecule has 0 aromatic carbocycles. The standard InChI is InChI=1S/C19H20F2N8O/c1-27-6-4-14(19(20,21)11-27)24-17-25-16(30-2)15-13(3-7-29(15)26-17)12-9-23-18-22-5-8-28(18)10-12/h3,5,7-10,14H,4,6,11H2,1-2H3,(H,24,26)/t14-/m1/s1. The molecule has 0 radical (unpaired) electrons. The Bertz CT molecular complexity index is 1220. The van der Waals surface area contributed by atoms with E-state index in [-0.39, 0.29) is 18.4 Å². The maximum atomic E-state index is 14.4. The van der Waals surface area contributed by atoms with Gasteiger partial charge in [0.2, 0.25) is 17.6 Å². The Morgan fingerprint density at radius 3 is 2.93 bits per heavy atom. The first-order chi connectivity index (χ1) is 14.4. The summed E-state index contributed by atoms with van der Waals surface area (Å²) in [5.41, 5.74) is 2.26. The van der Waals surface area contributed by atoms with Gasteiger partial charge in [0.1, 0.15) is 5.52 Å². The fourth-order valence-electron chi connectivity index (χ4n) is 3.83. The van der Waals surface area contributed by atoms with Gasteiger partial charge in [0.05, 0.1) is 19.7 Å². The summed E-state index contributed by atoms with van der Waals surface area (Å²) in [6, 6.07) is 0.819. The van der Waals surface area contributed by atoms with E-state index in [0.29, 0.717) is 24.3 Å². The zero-order valence-electron chi connectivity index (χ0n) is 16.5. The zero-order chi connectivity index (χ0) is 20.9.